The van der Waals surface area contributed by atoms with Gasteiger partial charge in [0, 0.05) is 11.9 Å². The summed E-state index contributed by atoms with van der Waals surface area (Å²) in [6.45, 7) is 5.49. The summed E-state index contributed by atoms with van der Waals surface area (Å²) in [4.78, 5) is 8.39. The minimum Gasteiger partial charge on any atom is -0.399 e. The molecule has 2 aromatic rings. The number of sulfonamides is 1. The SMILES string of the molecule is Cc1cnc(CNS(=O)(=O)c2cc(N)cc(C)c2C)cn1. The zero-order valence-corrected chi connectivity index (χ0v) is 13.0. The van der Waals surface area contributed by atoms with Gasteiger partial charge in [0.25, 0.3) is 0 Å². The Hall–Kier alpha value is -1.99. The van der Waals surface area contributed by atoms with Crippen molar-refractivity contribution >= 4 is 15.7 Å². The molecule has 112 valence electrons. The number of aromatic nitrogens is 2. The molecule has 0 saturated carbocycles. The molecular formula is C14H18N4O2S. The van der Waals surface area contributed by atoms with Gasteiger partial charge in [0.05, 0.1) is 29.0 Å². The average Bonchev–Trinajstić information content (AvgIpc) is 2.42. The molecule has 1 aromatic carbocycles. The van der Waals surface area contributed by atoms with E-state index in [0.29, 0.717) is 16.9 Å². The van der Waals surface area contributed by atoms with Crippen molar-refractivity contribution in [3.63, 3.8) is 0 Å². The lowest BCUT2D eigenvalue weighted by molar-refractivity contribution is 0.579. The van der Waals surface area contributed by atoms with Gasteiger partial charge in [-0.15, -0.1) is 0 Å². The third-order valence-corrected chi connectivity index (χ3v) is 4.74. The lowest BCUT2D eigenvalue weighted by Gasteiger charge is -2.12. The van der Waals surface area contributed by atoms with Gasteiger partial charge in [-0.1, -0.05) is 0 Å². The average molecular weight is 306 g/mol. The summed E-state index contributed by atoms with van der Waals surface area (Å²) < 4.78 is 27.3. The zero-order valence-electron chi connectivity index (χ0n) is 12.2. The van der Waals surface area contributed by atoms with Crippen LogP contribution in [-0.2, 0) is 16.6 Å². The summed E-state index contributed by atoms with van der Waals surface area (Å²) in [6.07, 6.45) is 3.15. The van der Waals surface area contributed by atoms with Crippen molar-refractivity contribution in [2.75, 3.05) is 5.73 Å². The highest BCUT2D eigenvalue weighted by Crippen LogP contribution is 2.22. The van der Waals surface area contributed by atoms with Crippen LogP contribution in [0.25, 0.3) is 0 Å². The number of aryl methyl sites for hydroxylation is 2. The number of rotatable bonds is 4. The van der Waals surface area contributed by atoms with Gasteiger partial charge in [-0.05, 0) is 44.0 Å². The Balaban J connectivity index is 2.25. The molecule has 21 heavy (non-hydrogen) atoms. The van der Waals surface area contributed by atoms with Gasteiger partial charge in [-0.25, -0.2) is 13.1 Å². The summed E-state index contributed by atoms with van der Waals surface area (Å²) in [5.74, 6) is 0. The highest BCUT2D eigenvalue weighted by Gasteiger charge is 2.18. The van der Waals surface area contributed by atoms with Crippen LogP contribution in [0, 0.1) is 20.8 Å². The lowest BCUT2D eigenvalue weighted by atomic mass is 10.1. The number of anilines is 1. The molecule has 0 spiro atoms. The number of nitrogens with one attached hydrogen (secondary N) is 1. The maximum absolute atomic E-state index is 12.4. The fourth-order valence-corrected chi connectivity index (χ4v) is 3.24. The molecule has 0 aliphatic carbocycles. The van der Waals surface area contributed by atoms with Gasteiger partial charge < -0.3 is 5.73 Å². The molecule has 0 atom stereocenters. The third-order valence-electron chi connectivity index (χ3n) is 3.21. The summed E-state index contributed by atoms with van der Waals surface area (Å²) in [7, 11) is -3.64. The van der Waals surface area contributed by atoms with Crippen molar-refractivity contribution in [3.8, 4) is 0 Å². The van der Waals surface area contributed by atoms with E-state index in [0.717, 1.165) is 11.3 Å². The van der Waals surface area contributed by atoms with E-state index in [2.05, 4.69) is 14.7 Å². The summed E-state index contributed by atoms with van der Waals surface area (Å²) >= 11 is 0. The highest BCUT2D eigenvalue weighted by molar-refractivity contribution is 7.89. The van der Waals surface area contributed by atoms with Crippen molar-refractivity contribution in [1.29, 1.82) is 0 Å². The smallest absolute Gasteiger partial charge is 0.241 e. The largest absolute Gasteiger partial charge is 0.399 e. The maximum atomic E-state index is 12.4. The Kier molecular flexibility index (Phi) is 4.24. The van der Waals surface area contributed by atoms with E-state index in [1.165, 1.54) is 6.07 Å². The van der Waals surface area contributed by atoms with Gasteiger partial charge in [0.15, 0.2) is 0 Å². The fraction of sp³-hybridized carbons (Fsp3) is 0.286. The monoisotopic (exact) mass is 306 g/mol. The van der Waals surface area contributed by atoms with Crippen LogP contribution in [0.3, 0.4) is 0 Å². The molecule has 7 heteroatoms. The van der Waals surface area contributed by atoms with Crippen molar-refractivity contribution in [1.82, 2.24) is 14.7 Å². The molecule has 0 aliphatic heterocycles. The van der Waals surface area contributed by atoms with E-state index >= 15 is 0 Å². The molecular weight excluding hydrogens is 288 g/mol. The topological polar surface area (TPSA) is 98.0 Å². The molecule has 0 bridgehead atoms. The molecule has 2 rings (SSSR count). The van der Waals surface area contributed by atoms with Crippen LogP contribution in [0.15, 0.2) is 29.4 Å². The quantitative estimate of drug-likeness (QED) is 0.833. The molecule has 3 N–H and O–H groups in total. The fourth-order valence-electron chi connectivity index (χ4n) is 1.89. The summed E-state index contributed by atoms with van der Waals surface area (Å²) in [5, 5.41) is 0. The molecule has 0 radical (unpaired) electrons. The predicted octanol–water partition coefficient (Wildman–Crippen LogP) is 1.46. The van der Waals surface area contributed by atoms with Crippen molar-refractivity contribution < 1.29 is 8.42 Å². The number of hydrogen-bond acceptors (Lipinski definition) is 5. The van der Waals surface area contributed by atoms with Crippen LogP contribution in [0.1, 0.15) is 22.5 Å². The number of benzene rings is 1. The van der Waals surface area contributed by atoms with Gasteiger partial charge >= 0.3 is 0 Å². The molecule has 0 amide bonds. The minimum absolute atomic E-state index is 0.0862. The standard InChI is InChI=1S/C14H18N4O2S/c1-9-4-12(15)5-14(11(9)3)21(19,20)18-8-13-7-16-10(2)6-17-13/h4-7,18H,8,15H2,1-3H3. The van der Waals surface area contributed by atoms with E-state index in [-0.39, 0.29) is 11.4 Å². The van der Waals surface area contributed by atoms with Crippen molar-refractivity contribution in [2.24, 2.45) is 0 Å². The first kappa shape index (κ1) is 15.4. The Morgan fingerprint density at radius 1 is 1.14 bits per heavy atom. The van der Waals surface area contributed by atoms with Crippen molar-refractivity contribution in [3.05, 3.63) is 47.0 Å². The Bertz CT molecular complexity index is 755. The van der Waals surface area contributed by atoms with E-state index in [1.54, 1.807) is 25.4 Å². The highest BCUT2D eigenvalue weighted by atomic mass is 32.2. The molecule has 0 unspecified atom stereocenters. The third kappa shape index (κ3) is 3.56. The number of hydrogen-bond donors (Lipinski definition) is 2. The zero-order chi connectivity index (χ0) is 15.6. The Labute approximate surface area is 124 Å². The van der Waals surface area contributed by atoms with E-state index in [4.69, 9.17) is 5.73 Å². The molecule has 1 heterocycles. The van der Waals surface area contributed by atoms with E-state index < -0.39 is 10.0 Å². The van der Waals surface area contributed by atoms with Gasteiger partial charge in [-0.3, -0.25) is 9.97 Å². The molecule has 0 aliphatic rings. The van der Waals surface area contributed by atoms with Crippen LogP contribution >= 0.6 is 0 Å². The van der Waals surface area contributed by atoms with Gasteiger partial charge in [0.2, 0.25) is 10.0 Å². The van der Waals surface area contributed by atoms with E-state index in [9.17, 15) is 8.42 Å². The van der Waals surface area contributed by atoms with Crippen LogP contribution < -0.4 is 10.5 Å². The number of nitrogens with zero attached hydrogens (tertiary/aromatic N) is 2. The van der Waals surface area contributed by atoms with Crippen LogP contribution in [-0.4, -0.2) is 18.4 Å². The van der Waals surface area contributed by atoms with Gasteiger partial charge in [-0.2, -0.15) is 0 Å². The predicted molar refractivity (Wildman–Crippen MR) is 81.1 cm³/mol. The Morgan fingerprint density at radius 2 is 1.86 bits per heavy atom. The van der Waals surface area contributed by atoms with Crippen molar-refractivity contribution in [2.45, 2.75) is 32.2 Å². The molecule has 1 aromatic heterocycles. The second-order valence-electron chi connectivity index (χ2n) is 4.93. The van der Waals surface area contributed by atoms with Crippen LogP contribution in [0.2, 0.25) is 0 Å². The second kappa shape index (κ2) is 5.79. The molecule has 6 nitrogen and oxygen atoms in total. The molecule has 0 saturated heterocycles. The number of nitrogens with two attached hydrogens (primary N) is 1. The minimum atomic E-state index is -3.64. The first-order valence-electron chi connectivity index (χ1n) is 6.43. The van der Waals surface area contributed by atoms with Crippen LogP contribution in [0.5, 0.6) is 0 Å². The first-order valence-corrected chi connectivity index (χ1v) is 7.92. The molecule has 0 fully saturated rings. The second-order valence-corrected chi connectivity index (χ2v) is 6.67. The van der Waals surface area contributed by atoms with Crippen LogP contribution in [0.4, 0.5) is 5.69 Å². The summed E-state index contributed by atoms with van der Waals surface area (Å²) in [6, 6.07) is 3.21. The summed E-state index contributed by atoms with van der Waals surface area (Å²) in [5.41, 5.74) is 9.02. The normalized spacial score (nSPS) is 11.6. The Morgan fingerprint density at radius 3 is 2.48 bits per heavy atom. The first-order chi connectivity index (χ1) is 9.79. The maximum Gasteiger partial charge on any atom is 0.241 e. The number of nitrogen functional groups attached to an aromatic ring is 1. The van der Waals surface area contributed by atoms with E-state index in [1.807, 2.05) is 13.8 Å². The van der Waals surface area contributed by atoms with Gasteiger partial charge in [0.1, 0.15) is 0 Å². The lowest BCUT2D eigenvalue weighted by Crippen LogP contribution is -2.25.